The van der Waals surface area contributed by atoms with Gasteiger partial charge in [-0.05, 0) is 18.2 Å². The van der Waals surface area contributed by atoms with Crippen LogP contribution < -0.4 is 4.90 Å². The molecule has 9 heteroatoms. The first-order valence-corrected chi connectivity index (χ1v) is 9.27. The maximum absolute atomic E-state index is 12.7. The van der Waals surface area contributed by atoms with Gasteiger partial charge < -0.3 is 0 Å². The summed E-state index contributed by atoms with van der Waals surface area (Å²) in [5.41, 5.74) is 0.771. The molecule has 2 aromatic rings. The van der Waals surface area contributed by atoms with Gasteiger partial charge in [0.25, 0.3) is 0 Å². The molecule has 1 aliphatic rings. The van der Waals surface area contributed by atoms with Crippen LogP contribution in [0.1, 0.15) is 6.42 Å². The number of rotatable bonds is 3. The lowest BCUT2D eigenvalue weighted by molar-refractivity contribution is -0.117. The summed E-state index contributed by atoms with van der Waals surface area (Å²) in [6, 6.07) is 5.60. The van der Waals surface area contributed by atoms with Crippen molar-refractivity contribution in [1.82, 2.24) is 4.98 Å². The molecule has 21 heavy (non-hydrogen) atoms. The van der Waals surface area contributed by atoms with Crippen molar-refractivity contribution >= 4 is 58.7 Å². The Morgan fingerprint density at radius 1 is 1.48 bits per heavy atom. The Bertz CT molecular complexity index is 821. The zero-order valence-corrected chi connectivity index (χ0v) is 13.8. The van der Waals surface area contributed by atoms with Gasteiger partial charge in [-0.25, -0.2) is 4.98 Å². The van der Waals surface area contributed by atoms with E-state index in [-0.39, 0.29) is 18.9 Å². The number of hydrogen-bond donors (Lipinski definition) is 0. The summed E-state index contributed by atoms with van der Waals surface area (Å²) in [6.45, 7) is 0.184. The molecule has 0 spiro atoms. The number of thiazole rings is 1. The molecule has 0 N–H and O–H groups in total. The molecular weight excluding hydrogens is 383 g/mol. The molecule has 1 saturated heterocycles. The normalized spacial score (nSPS) is 19.6. The molecule has 1 amide bonds. The second kappa shape index (κ2) is 5.29. The predicted octanol–water partition coefficient (Wildman–Crippen LogP) is 2.71. The third kappa shape index (κ3) is 3.24. The van der Waals surface area contributed by atoms with Gasteiger partial charge in [-0.1, -0.05) is 27.3 Å². The number of carbonyl (C=O) groups excluding carboxylic acids is 1. The van der Waals surface area contributed by atoms with E-state index >= 15 is 0 Å². The van der Waals surface area contributed by atoms with Crippen molar-refractivity contribution in [2.45, 2.75) is 6.42 Å². The number of amides is 1. The van der Waals surface area contributed by atoms with Crippen LogP contribution in [-0.4, -0.2) is 31.6 Å². The van der Waals surface area contributed by atoms with E-state index in [1.54, 1.807) is 0 Å². The van der Waals surface area contributed by atoms with Gasteiger partial charge in [-0.2, -0.15) is 8.42 Å². The molecule has 5 nitrogen and oxygen atoms in total. The maximum atomic E-state index is 12.7. The van der Waals surface area contributed by atoms with Crippen LogP contribution in [-0.2, 0) is 15.0 Å². The number of nitrogens with zero attached hydrogens (tertiary/aromatic N) is 2. The van der Waals surface area contributed by atoms with Crippen molar-refractivity contribution in [3.05, 3.63) is 22.7 Å². The van der Waals surface area contributed by atoms with Crippen LogP contribution in [0.15, 0.2) is 22.7 Å². The van der Waals surface area contributed by atoms with E-state index in [1.807, 2.05) is 18.2 Å². The topological polar surface area (TPSA) is 67.3 Å². The summed E-state index contributed by atoms with van der Waals surface area (Å²) >= 11 is 4.72. The van der Waals surface area contributed by atoms with E-state index in [4.69, 9.17) is 0 Å². The maximum Gasteiger partial charge on any atom is 0.302 e. The highest BCUT2D eigenvalue weighted by Crippen LogP contribution is 2.34. The number of halogens is 2. The minimum Gasteiger partial charge on any atom is -0.288 e. The Kier molecular flexibility index (Phi) is 3.74. The van der Waals surface area contributed by atoms with Crippen molar-refractivity contribution in [3.8, 4) is 0 Å². The van der Waals surface area contributed by atoms with E-state index in [9.17, 15) is 17.1 Å². The van der Waals surface area contributed by atoms with Gasteiger partial charge in [-0.3, -0.25) is 9.69 Å². The zero-order valence-electron chi connectivity index (χ0n) is 10.6. The van der Waals surface area contributed by atoms with E-state index in [0.717, 1.165) is 14.7 Å². The minimum atomic E-state index is -4.57. The van der Waals surface area contributed by atoms with Gasteiger partial charge in [-0.15, -0.1) is 3.89 Å². The number of anilines is 1. The van der Waals surface area contributed by atoms with Gasteiger partial charge in [0, 0.05) is 23.4 Å². The molecular formula is C12H10BrFN2O3S2. The number of fused-ring (bicyclic) bond motifs is 1. The second-order valence-corrected chi connectivity index (χ2v) is 8.22. The van der Waals surface area contributed by atoms with E-state index < -0.39 is 21.9 Å². The van der Waals surface area contributed by atoms with Crippen molar-refractivity contribution in [1.29, 1.82) is 0 Å². The van der Waals surface area contributed by atoms with Crippen molar-refractivity contribution in [3.63, 3.8) is 0 Å². The van der Waals surface area contributed by atoms with Gasteiger partial charge in [0.2, 0.25) is 5.91 Å². The Balaban J connectivity index is 1.87. The fourth-order valence-corrected chi connectivity index (χ4v) is 4.69. The average molecular weight is 393 g/mol. The number of benzene rings is 1. The number of carbonyl (C=O) groups is 1. The summed E-state index contributed by atoms with van der Waals surface area (Å²) in [5, 5.41) is 0.520. The quantitative estimate of drug-likeness (QED) is 0.753. The molecule has 1 atom stereocenters. The molecule has 0 saturated carbocycles. The fourth-order valence-electron chi connectivity index (χ4n) is 2.36. The SMILES string of the molecule is O=C1CC(CS(=O)(=O)F)CN1c1nc2ccc(Br)cc2s1. The lowest BCUT2D eigenvalue weighted by Gasteiger charge is -2.11. The molecule has 0 radical (unpaired) electrons. The Hall–Kier alpha value is -1.06. The molecule has 1 fully saturated rings. The molecule has 112 valence electrons. The lowest BCUT2D eigenvalue weighted by atomic mass is 10.1. The van der Waals surface area contributed by atoms with Crippen molar-refractivity contribution in [2.75, 3.05) is 17.2 Å². The molecule has 1 aromatic heterocycles. The molecule has 3 rings (SSSR count). The first kappa shape index (κ1) is 14.9. The zero-order chi connectivity index (χ0) is 15.2. The third-order valence-electron chi connectivity index (χ3n) is 3.21. The largest absolute Gasteiger partial charge is 0.302 e. The van der Waals surface area contributed by atoms with Crippen LogP contribution in [0.3, 0.4) is 0 Å². The molecule has 0 bridgehead atoms. The van der Waals surface area contributed by atoms with Crippen LogP contribution in [0, 0.1) is 5.92 Å². The Morgan fingerprint density at radius 3 is 2.95 bits per heavy atom. The van der Waals surface area contributed by atoms with E-state index in [0.29, 0.717) is 5.13 Å². The third-order valence-corrected chi connectivity index (χ3v) is 5.61. The monoisotopic (exact) mass is 392 g/mol. The standard InChI is InChI=1S/C12H10BrFN2O3S2/c13-8-1-2-9-10(4-8)20-12(15-9)16-5-7(3-11(16)17)6-21(14,18)19/h1-2,4,7H,3,5-6H2. The first-order valence-electron chi connectivity index (χ1n) is 6.10. The summed E-state index contributed by atoms with van der Waals surface area (Å²) in [6.07, 6.45) is 0.0305. The predicted molar refractivity (Wildman–Crippen MR) is 82.7 cm³/mol. The summed E-state index contributed by atoms with van der Waals surface area (Å²) < 4.78 is 36.0. The highest BCUT2D eigenvalue weighted by molar-refractivity contribution is 9.10. The highest BCUT2D eigenvalue weighted by atomic mass is 79.9. The van der Waals surface area contributed by atoms with E-state index in [2.05, 4.69) is 20.9 Å². The van der Waals surface area contributed by atoms with Crippen LogP contribution in [0.4, 0.5) is 9.02 Å². The van der Waals surface area contributed by atoms with Crippen LogP contribution in [0.5, 0.6) is 0 Å². The van der Waals surface area contributed by atoms with Crippen LogP contribution >= 0.6 is 27.3 Å². The average Bonchev–Trinajstić information content (AvgIpc) is 2.89. The molecule has 1 aromatic carbocycles. The van der Waals surface area contributed by atoms with Crippen LogP contribution in [0.25, 0.3) is 10.2 Å². The Morgan fingerprint density at radius 2 is 2.24 bits per heavy atom. The fraction of sp³-hybridized carbons (Fsp3) is 0.333. The summed E-state index contributed by atoms with van der Waals surface area (Å²) in [4.78, 5) is 17.8. The van der Waals surface area contributed by atoms with Crippen LogP contribution in [0.2, 0.25) is 0 Å². The van der Waals surface area contributed by atoms with Gasteiger partial charge in [0.05, 0.1) is 16.0 Å². The van der Waals surface area contributed by atoms with Crippen molar-refractivity contribution in [2.24, 2.45) is 5.92 Å². The van der Waals surface area contributed by atoms with Crippen molar-refractivity contribution < 1.29 is 17.1 Å². The second-order valence-electron chi connectivity index (χ2n) is 4.89. The first-order chi connectivity index (χ1) is 9.82. The van der Waals surface area contributed by atoms with Gasteiger partial charge in [0.1, 0.15) is 0 Å². The molecule has 1 unspecified atom stereocenters. The molecule has 0 aliphatic carbocycles. The number of hydrogen-bond acceptors (Lipinski definition) is 5. The molecule has 1 aliphatic heterocycles. The summed E-state index contributed by atoms with van der Waals surface area (Å²) in [7, 11) is -4.57. The lowest BCUT2D eigenvalue weighted by Crippen LogP contribution is -2.25. The Labute approximate surface area is 133 Å². The highest BCUT2D eigenvalue weighted by Gasteiger charge is 2.35. The van der Waals surface area contributed by atoms with Gasteiger partial charge >= 0.3 is 10.2 Å². The van der Waals surface area contributed by atoms with E-state index in [1.165, 1.54) is 16.2 Å². The smallest absolute Gasteiger partial charge is 0.288 e. The summed E-state index contributed by atoms with van der Waals surface area (Å²) in [5.74, 6) is -1.36. The number of aromatic nitrogens is 1. The minimum absolute atomic E-state index is 0.0305. The molecule has 2 heterocycles. The van der Waals surface area contributed by atoms with Gasteiger partial charge in [0.15, 0.2) is 5.13 Å².